The number of aliphatic hydroxyl groups is 1. The highest BCUT2D eigenvalue weighted by Crippen LogP contribution is 2.37. The van der Waals surface area contributed by atoms with Gasteiger partial charge in [0.25, 0.3) is 0 Å². The van der Waals surface area contributed by atoms with Crippen molar-refractivity contribution in [3.8, 4) is 0 Å². The van der Waals surface area contributed by atoms with Gasteiger partial charge in [-0.15, -0.1) is 0 Å². The molecule has 12 heteroatoms. The Bertz CT molecular complexity index is 1260. The number of nitrogens with zero attached hydrogens (tertiary/aromatic N) is 4. The number of hydrogen-bond acceptors (Lipinski definition) is 7. The third-order valence-electron chi connectivity index (χ3n) is 6.97. The van der Waals surface area contributed by atoms with E-state index in [1.54, 1.807) is 6.20 Å². The van der Waals surface area contributed by atoms with Gasteiger partial charge in [-0.3, -0.25) is 9.36 Å². The standard InChI is InChI=1S/C23H26ClF2N7O2/c24-13-8-9-15(19(26)18(13)25)30-23-31-16-10-28-22(29-14-2-1-3-17(14)34)32-21(16)33(23)12-6-4-11(5-7-12)20(27)35/h8-12,14,17,34H,1-7H2,(H2,27,35)(H,30,31)(H,28,29,32)/t11?,12?,14-,17-/m1/s1. The number of amides is 1. The Morgan fingerprint density at radius 2 is 1.89 bits per heavy atom. The van der Waals surface area contributed by atoms with Crippen LogP contribution in [0.5, 0.6) is 0 Å². The van der Waals surface area contributed by atoms with E-state index in [1.807, 2.05) is 4.57 Å². The number of imidazole rings is 1. The van der Waals surface area contributed by atoms with Crippen molar-refractivity contribution in [2.75, 3.05) is 10.6 Å². The van der Waals surface area contributed by atoms with Crippen molar-refractivity contribution in [2.24, 2.45) is 11.7 Å². The smallest absolute Gasteiger partial charge is 0.225 e. The first-order valence-electron chi connectivity index (χ1n) is 11.7. The minimum atomic E-state index is -1.15. The fraction of sp³-hybridized carbons (Fsp3) is 0.478. The molecule has 0 radical (unpaired) electrons. The Balaban J connectivity index is 1.53. The maximum atomic E-state index is 14.6. The van der Waals surface area contributed by atoms with Gasteiger partial charge in [0.2, 0.25) is 17.8 Å². The van der Waals surface area contributed by atoms with Gasteiger partial charge < -0.3 is 21.5 Å². The molecule has 2 aromatic heterocycles. The van der Waals surface area contributed by atoms with E-state index in [0.29, 0.717) is 42.8 Å². The van der Waals surface area contributed by atoms with Crippen LogP contribution in [0, 0.1) is 17.6 Å². The number of benzene rings is 1. The zero-order valence-corrected chi connectivity index (χ0v) is 19.6. The van der Waals surface area contributed by atoms with Crippen molar-refractivity contribution < 1.29 is 18.7 Å². The lowest BCUT2D eigenvalue weighted by atomic mass is 9.85. The summed E-state index contributed by atoms with van der Waals surface area (Å²) in [6.45, 7) is 0. The zero-order valence-electron chi connectivity index (χ0n) is 18.8. The molecular weight excluding hydrogens is 480 g/mol. The summed E-state index contributed by atoms with van der Waals surface area (Å²) in [5.74, 6) is -2.16. The van der Waals surface area contributed by atoms with E-state index in [4.69, 9.17) is 17.3 Å². The monoisotopic (exact) mass is 505 g/mol. The molecule has 2 aliphatic rings. The summed E-state index contributed by atoms with van der Waals surface area (Å²) >= 11 is 5.70. The van der Waals surface area contributed by atoms with Crippen LogP contribution in [-0.4, -0.2) is 42.7 Å². The van der Waals surface area contributed by atoms with E-state index < -0.39 is 17.7 Å². The van der Waals surface area contributed by atoms with Crippen molar-refractivity contribution in [3.63, 3.8) is 0 Å². The van der Waals surface area contributed by atoms with Crippen molar-refractivity contribution in [1.29, 1.82) is 0 Å². The molecule has 3 aromatic rings. The highest BCUT2D eigenvalue weighted by atomic mass is 35.5. The van der Waals surface area contributed by atoms with Crippen molar-refractivity contribution in [1.82, 2.24) is 19.5 Å². The Morgan fingerprint density at radius 1 is 1.11 bits per heavy atom. The first kappa shape index (κ1) is 23.7. The molecule has 2 aliphatic carbocycles. The lowest BCUT2D eigenvalue weighted by Crippen LogP contribution is -2.29. The minimum absolute atomic E-state index is 0.0990. The SMILES string of the molecule is NC(=O)C1CCC(n2c(Nc3ccc(Cl)c(F)c3F)nc3cnc(N[C@@H]4CCC[C@H]4O)nc32)CC1. The number of aliphatic hydroxyl groups excluding tert-OH is 1. The number of nitrogens with one attached hydrogen (secondary N) is 2. The molecule has 2 saturated carbocycles. The van der Waals surface area contributed by atoms with Gasteiger partial charge in [0.15, 0.2) is 17.3 Å². The highest BCUT2D eigenvalue weighted by Gasteiger charge is 2.30. The summed E-state index contributed by atoms with van der Waals surface area (Å²) in [6.07, 6.45) is 6.02. The lowest BCUT2D eigenvalue weighted by Gasteiger charge is -2.29. The van der Waals surface area contributed by atoms with Crippen LogP contribution < -0.4 is 16.4 Å². The quantitative estimate of drug-likeness (QED) is 0.372. The molecule has 186 valence electrons. The number of primary amides is 1. The van der Waals surface area contributed by atoms with E-state index in [-0.39, 0.29) is 40.6 Å². The topological polar surface area (TPSA) is 131 Å². The molecule has 9 nitrogen and oxygen atoms in total. The molecule has 0 spiro atoms. The predicted octanol–water partition coefficient (Wildman–Crippen LogP) is 4.04. The minimum Gasteiger partial charge on any atom is -0.391 e. The molecule has 1 amide bonds. The Hall–Kier alpha value is -3.05. The molecule has 0 aliphatic heterocycles. The maximum absolute atomic E-state index is 14.6. The molecule has 2 atom stereocenters. The fourth-order valence-corrected chi connectivity index (χ4v) is 5.18. The summed E-state index contributed by atoms with van der Waals surface area (Å²) in [7, 11) is 0. The summed E-state index contributed by atoms with van der Waals surface area (Å²) in [4.78, 5) is 25.2. The number of anilines is 3. The van der Waals surface area contributed by atoms with Gasteiger partial charge in [-0.1, -0.05) is 11.6 Å². The predicted molar refractivity (Wildman–Crippen MR) is 127 cm³/mol. The van der Waals surface area contributed by atoms with Crippen LogP contribution in [-0.2, 0) is 4.79 Å². The summed E-state index contributed by atoms with van der Waals surface area (Å²) in [6, 6.07) is 2.37. The second-order valence-electron chi connectivity index (χ2n) is 9.21. The van der Waals surface area contributed by atoms with Crippen molar-refractivity contribution in [3.05, 3.63) is 35.0 Å². The van der Waals surface area contributed by atoms with Gasteiger partial charge in [-0.05, 0) is 57.1 Å². The number of halogens is 3. The number of nitrogens with two attached hydrogens (primary N) is 1. The number of hydrogen-bond donors (Lipinski definition) is 4. The van der Waals surface area contributed by atoms with E-state index in [9.17, 15) is 18.7 Å². The number of aromatic nitrogens is 4. The molecular formula is C23H26ClF2N7O2. The van der Waals surface area contributed by atoms with Crippen LogP contribution in [0.4, 0.5) is 26.4 Å². The largest absolute Gasteiger partial charge is 0.391 e. The molecule has 5 N–H and O–H groups in total. The van der Waals surface area contributed by atoms with Gasteiger partial charge in [-0.2, -0.15) is 4.98 Å². The fourth-order valence-electron chi connectivity index (χ4n) is 5.03. The Labute approximate surface area is 205 Å². The van der Waals surface area contributed by atoms with Gasteiger partial charge in [0, 0.05) is 12.0 Å². The second kappa shape index (κ2) is 9.54. The van der Waals surface area contributed by atoms with Crippen molar-refractivity contribution >= 4 is 46.3 Å². The summed E-state index contributed by atoms with van der Waals surface area (Å²) in [5.41, 5.74) is 6.36. The molecule has 0 unspecified atom stereocenters. The Kier molecular flexibility index (Phi) is 6.45. The number of rotatable bonds is 6. The lowest BCUT2D eigenvalue weighted by molar-refractivity contribution is -0.122. The molecule has 2 heterocycles. The average molecular weight is 506 g/mol. The first-order valence-corrected chi connectivity index (χ1v) is 12.1. The van der Waals surface area contributed by atoms with E-state index >= 15 is 0 Å². The van der Waals surface area contributed by atoms with Gasteiger partial charge in [0.1, 0.15) is 5.52 Å². The molecule has 1 aromatic carbocycles. The second-order valence-corrected chi connectivity index (χ2v) is 9.62. The molecule has 0 bridgehead atoms. The van der Waals surface area contributed by atoms with Crippen LogP contribution >= 0.6 is 11.6 Å². The van der Waals surface area contributed by atoms with Crippen LogP contribution in [0.25, 0.3) is 11.2 Å². The third kappa shape index (κ3) is 4.62. The third-order valence-corrected chi connectivity index (χ3v) is 7.26. The van der Waals surface area contributed by atoms with E-state index in [0.717, 1.165) is 19.3 Å². The number of fused-ring (bicyclic) bond motifs is 1. The Morgan fingerprint density at radius 3 is 2.57 bits per heavy atom. The van der Waals surface area contributed by atoms with Gasteiger partial charge >= 0.3 is 0 Å². The van der Waals surface area contributed by atoms with E-state index in [1.165, 1.54) is 12.1 Å². The highest BCUT2D eigenvalue weighted by molar-refractivity contribution is 6.30. The average Bonchev–Trinajstić information content (AvgIpc) is 3.41. The van der Waals surface area contributed by atoms with Gasteiger partial charge in [-0.25, -0.2) is 18.7 Å². The molecule has 0 saturated heterocycles. The summed E-state index contributed by atoms with van der Waals surface area (Å²) in [5, 5.41) is 15.9. The molecule has 2 fully saturated rings. The summed E-state index contributed by atoms with van der Waals surface area (Å²) < 4.78 is 30.5. The number of carbonyl (C=O) groups is 1. The van der Waals surface area contributed by atoms with Crippen LogP contribution in [0.1, 0.15) is 51.0 Å². The van der Waals surface area contributed by atoms with E-state index in [2.05, 4.69) is 25.6 Å². The van der Waals surface area contributed by atoms with Gasteiger partial charge in [0.05, 0.1) is 29.1 Å². The first-order chi connectivity index (χ1) is 16.8. The molecule has 5 rings (SSSR count). The van der Waals surface area contributed by atoms with Crippen LogP contribution in [0.15, 0.2) is 18.3 Å². The maximum Gasteiger partial charge on any atom is 0.225 e. The van der Waals surface area contributed by atoms with Crippen molar-refractivity contribution in [2.45, 2.75) is 63.1 Å². The molecule has 35 heavy (non-hydrogen) atoms. The van der Waals surface area contributed by atoms with Crippen LogP contribution in [0.2, 0.25) is 5.02 Å². The van der Waals surface area contributed by atoms with Crippen LogP contribution in [0.3, 0.4) is 0 Å². The normalized spacial score (nSPS) is 24.6. The zero-order chi connectivity index (χ0) is 24.7. The number of carbonyl (C=O) groups excluding carboxylic acids is 1.